The maximum absolute atomic E-state index is 12.8. The third-order valence-electron chi connectivity index (χ3n) is 5.31. The summed E-state index contributed by atoms with van der Waals surface area (Å²) >= 11 is 0. The SMILES string of the molecule is COc1ccc(NC(=O)CN2C(=O)COc3ccc(C(=O)COc4cccc(OC)c4)cc32)cc1. The summed E-state index contributed by atoms with van der Waals surface area (Å²) < 4.78 is 21.3. The molecule has 9 nitrogen and oxygen atoms in total. The number of amides is 2. The Kier molecular flexibility index (Phi) is 7.15. The molecule has 9 heteroatoms. The molecule has 0 aliphatic carbocycles. The van der Waals surface area contributed by atoms with Crippen molar-refractivity contribution >= 4 is 29.0 Å². The normalized spacial score (nSPS) is 12.3. The highest BCUT2D eigenvalue weighted by Gasteiger charge is 2.28. The van der Waals surface area contributed by atoms with Gasteiger partial charge in [-0.05, 0) is 54.6 Å². The molecule has 0 saturated carbocycles. The number of rotatable bonds is 9. The van der Waals surface area contributed by atoms with Gasteiger partial charge in [0.15, 0.2) is 19.0 Å². The zero-order valence-corrected chi connectivity index (χ0v) is 19.3. The Morgan fingerprint density at radius 1 is 0.943 bits per heavy atom. The lowest BCUT2D eigenvalue weighted by molar-refractivity contribution is -0.123. The molecule has 2 amide bonds. The molecular formula is C26H24N2O7. The molecule has 1 aliphatic rings. The smallest absolute Gasteiger partial charge is 0.265 e. The molecule has 0 spiro atoms. The van der Waals surface area contributed by atoms with Gasteiger partial charge < -0.3 is 24.3 Å². The van der Waals surface area contributed by atoms with Crippen LogP contribution in [-0.4, -0.2) is 51.6 Å². The Labute approximate surface area is 202 Å². The van der Waals surface area contributed by atoms with E-state index >= 15 is 0 Å². The van der Waals surface area contributed by atoms with Crippen LogP contribution in [0.25, 0.3) is 0 Å². The summed E-state index contributed by atoms with van der Waals surface area (Å²) in [5.41, 5.74) is 1.24. The Balaban J connectivity index is 1.46. The van der Waals surface area contributed by atoms with Crippen LogP contribution in [-0.2, 0) is 9.59 Å². The van der Waals surface area contributed by atoms with Crippen molar-refractivity contribution in [3.05, 3.63) is 72.3 Å². The fraction of sp³-hybridized carbons (Fsp3) is 0.192. The van der Waals surface area contributed by atoms with Crippen molar-refractivity contribution in [3.63, 3.8) is 0 Å². The largest absolute Gasteiger partial charge is 0.497 e. The molecule has 1 N–H and O–H groups in total. The maximum atomic E-state index is 12.8. The molecule has 3 aromatic rings. The van der Waals surface area contributed by atoms with Crippen molar-refractivity contribution in [3.8, 4) is 23.0 Å². The van der Waals surface area contributed by atoms with Gasteiger partial charge in [0, 0.05) is 17.3 Å². The average Bonchev–Trinajstić information content (AvgIpc) is 2.89. The van der Waals surface area contributed by atoms with Gasteiger partial charge >= 0.3 is 0 Å². The van der Waals surface area contributed by atoms with E-state index in [1.54, 1.807) is 74.9 Å². The number of benzene rings is 3. The molecule has 0 radical (unpaired) electrons. The number of fused-ring (bicyclic) bond motifs is 1. The van der Waals surface area contributed by atoms with Crippen LogP contribution in [0.1, 0.15) is 10.4 Å². The van der Waals surface area contributed by atoms with E-state index in [0.717, 1.165) is 0 Å². The number of carbonyl (C=O) groups excluding carboxylic acids is 3. The average molecular weight is 476 g/mol. The molecule has 0 aromatic heterocycles. The predicted octanol–water partition coefficient (Wildman–Crippen LogP) is 3.33. The van der Waals surface area contributed by atoms with Crippen molar-refractivity contribution < 1.29 is 33.3 Å². The molecule has 0 bridgehead atoms. The Bertz CT molecular complexity index is 1240. The highest BCUT2D eigenvalue weighted by Crippen LogP contribution is 2.33. The van der Waals surface area contributed by atoms with Crippen LogP contribution in [0.5, 0.6) is 23.0 Å². The minimum absolute atomic E-state index is 0.199. The topological polar surface area (TPSA) is 103 Å². The minimum atomic E-state index is -0.394. The van der Waals surface area contributed by atoms with Crippen LogP contribution < -0.4 is 29.2 Å². The van der Waals surface area contributed by atoms with Gasteiger partial charge in [0.1, 0.15) is 29.5 Å². The number of methoxy groups -OCH3 is 2. The van der Waals surface area contributed by atoms with Gasteiger partial charge in [-0.25, -0.2) is 0 Å². The molecule has 0 unspecified atom stereocenters. The van der Waals surface area contributed by atoms with Crippen LogP contribution in [0.4, 0.5) is 11.4 Å². The lowest BCUT2D eigenvalue weighted by atomic mass is 10.1. The summed E-state index contributed by atoms with van der Waals surface area (Å²) in [5.74, 6) is 1.10. The van der Waals surface area contributed by atoms with E-state index in [-0.39, 0.29) is 31.4 Å². The molecule has 0 saturated heterocycles. The molecule has 35 heavy (non-hydrogen) atoms. The van der Waals surface area contributed by atoms with E-state index in [1.807, 2.05) is 0 Å². The third kappa shape index (κ3) is 5.70. The number of nitrogens with zero attached hydrogens (tertiary/aromatic N) is 1. The number of hydrogen-bond acceptors (Lipinski definition) is 7. The Hall–Kier alpha value is -4.53. The molecule has 1 heterocycles. The van der Waals surface area contributed by atoms with Gasteiger partial charge in [0.05, 0.1) is 19.9 Å². The van der Waals surface area contributed by atoms with Crippen LogP contribution in [0.15, 0.2) is 66.7 Å². The number of Topliss-reactive ketones (excluding diaryl/α,β-unsaturated/α-hetero) is 1. The zero-order valence-electron chi connectivity index (χ0n) is 19.3. The minimum Gasteiger partial charge on any atom is -0.497 e. The third-order valence-corrected chi connectivity index (χ3v) is 5.31. The Morgan fingerprint density at radius 3 is 2.43 bits per heavy atom. The van der Waals surface area contributed by atoms with E-state index < -0.39 is 5.91 Å². The second-order valence-electron chi connectivity index (χ2n) is 7.62. The highest BCUT2D eigenvalue weighted by molar-refractivity contribution is 6.06. The van der Waals surface area contributed by atoms with Crippen molar-refractivity contribution in [2.75, 3.05) is 44.2 Å². The molecule has 1 aliphatic heterocycles. The number of carbonyl (C=O) groups is 3. The summed E-state index contributed by atoms with van der Waals surface area (Å²) in [5, 5.41) is 2.75. The van der Waals surface area contributed by atoms with Gasteiger partial charge in [0.2, 0.25) is 5.91 Å². The fourth-order valence-corrected chi connectivity index (χ4v) is 3.49. The lowest BCUT2D eigenvalue weighted by Gasteiger charge is -2.29. The summed E-state index contributed by atoms with van der Waals surface area (Å²) in [4.78, 5) is 39.3. The van der Waals surface area contributed by atoms with Crippen molar-refractivity contribution in [1.82, 2.24) is 0 Å². The number of nitrogens with one attached hydrogen (secondary N) is 1. The molecule has 0 fully saturated rings. The first-order chi connectivity index (χ1) is 17.0. The number of ketones is 1. The maximum Gasteiger partial charge on any atom is 0.265 e. The first-order valence-corrected chi connectivity index (χ1v) is 10.8. The quantitative estimate of drug-likeness (QED) is 0.473. The van der Waals surface area contributed by atoms with E-state index in [1.165, 1.54) is 11.0 Å². The monoisotopic (exact) mass is 476 g/mol. The molecule has 3 aromatic carbocycles. The molecule has 180 valence electrons. The van der Waals surface area contributed by atoms with Gasteiger partial charge in [-0.15, -0.1) is 0 Å². The van der Waals surface area contributed by atoms with E-state index in [9.17, 15) is 14.4 Å². The van der Waals surface area contributed by atoms with Crippen LogP contribution in [0, 0.1) is 0 Å². The van der Waals surface area contributed by atoms with Crippen LogP contribution in [0.3, 0.4) is 0 Å². The number of hydrogen-bond donors (Lipinski definition) is 1. The fourth-order valence-electron chi connectivity index (χ4n) is 3.49. The van der Waals surface area contributed by atoms with E-state index in [0.29, 0.717) is 39.9 Å². The van der Waals surface area contributed by atoms with Gasteiger partial charge in [0.25, 0.3) is 5.91 Å². The second-order valence-corrected chi connectivity index (χ2v) is 7.62. The predicted molar refractivity (Wildman–Crippen MR) is 129 cm³/mol. The summed E-state index contributed by atoms with van der Waals surface area (Å²) in [6.07, 6.45) is 0. The Morgan fingerprint density at radius 2 is 1.69 bits per heavy atom. The second kappa shape index (κ2) is 10.6. The van der Waals surface area contributed by atoms with Gasteiger partial charge in [-0.2, -0.15) is 0 Å². The van der Waals surface area contributed by atoms with Crippen LogP contribution >= 0.6 is 0 Å². The van der Waals surface area contributed by atoms with E-state index in [4.69, 9.17) is 18.9 Å². The number of anilines is 2. The van der Waals surface area contributed by atoms with Gasteiger partial charge in [-0.3, -0.25) is 19.3 Å². The van der Waals surface area contributed by atoms with Crippen molar-refractivity contribution in [1.29, 1.82) is 0 Å². The summed E-state index contributed by atoms with van der Waals surface area (Å²) in [7, 11) is 3.10. The zero-order chi connectivity index (χ0) is 24.8. The first-order valence-electron chi connectivity index (χ1n) is 10.8. The first kappa shape index (κ1) is 23.6. The van der Waals surface area contributed by atoms with Crippen molar-refractivity contribution in [2.24, 2.45) is 0 Å². The number of ether oxygens (including phenoxy) is 4. The standard InChI is InChI=1S/C26H24N2O7/c1-32-19-9-7-18(8-10-19)27-25(30)14-28-22-12-17(6-11-24(22)35-16-26(28)31)23(29)15-34-21-5-3-4-20(13-21)33-2/h3-13H,14-16H2,1-2H3,(H,27,30). The lowest BCUT2D eigenvalue weighted by Crippen LogP contribution is -2.43. The summed E-state index contributed by atoms with van der Waals surface area (Å²) in [6, 6.07) is 18.5. The van der Waals surface area contributed by atoms with Crippen molar-refractivity contribution in [2.45, 2.75) is 0 Å². The van der Waals surface area contributed by atoms with Crippen LogP contribution in [0.2, 0.25) is 0 Å². The molecule has 0 atom stereocenters. The van der Waals surface area contributed by atoms with E-state index in [2.05, 4.69) is 5.32 Å². The highest BCUT2D eigenvalue weighted by atomic mass is 16.5. The molecular weight excluding hydrogens is 452 g/mol. The summed E-state index contributed by atoms with van der Waals surface area (Å²) in [6.45, 7) is -0.646. The molecule has 4 rings (SSSR count). The van der Waals surface area contributed by atoms with Gasteiger partial charge in [-0.1, -0.05) is 6.07 Å².